The summed E-state index contributed by atoms with van der Waals surface area (Å²) in [4.78, 5) is 24.1. The van der Waals surface area contributed by atoms with Gasteiger partial charge in [-0.15, -0.1) is 0 Å². The van der Waals surface area contributed by atoms with Crippen LogP contribution in [0.2, 0.25) is 5.02 Å². The zero-order valence-electron chi connectivity index (χ0n) is 13.5. The number of Topliss-reactive ketones (excluding diaryl/α,β-unsaturated/α-hetero) is 1. The molecule has 1 aromatic rings. The molecule has 4 nitrogen and oxygen atoms in total. The van der Waals surface area contributed by atoms with Gasteiger partial charge in [-0.05, 0) is 43.5 Å². The van der Waals surface area contributed by atoms with Crippen LogP contribution in [-0.4, -0.2) is 29.4 Å². The molecule has 23 heavy (non-hydrogen) atoms. The van der Waals surface area contributed by atoms with Crippen molar-refractivity contribution in [1.29, 1.82) is 0 Å². The zero-order valence-corrected chi connectivity index (χ0v) is 14.2. The summed E-state index contributed by atoms with van der Waals surface area (Å²) in [6.45, 7) is 2.10. The number of hydrogen-bond acceptors (Lipinski definition) is 3. The Hall–Kier alpha value is -1.39. The van der Waals surface area contributed by atoms with Gasteiger partial charge in [0.2, 0.25) is 5.91 Å². The van der Waals surface area contributed by atoms with E-state index < -0.39 is 0 Å². The molecule has 1 amide bonds. The molecular weight excluding hydrogens is 314 g/mol. The van der Waals surface area contributed by atoms with Crippen LogP contribution in [0.4, 0.5) is 0 Å². The number of amides is 1. The van der Waals surface area contributed by atoms with E-state index in [1.165, 1.54) is 0 Å². The largest absolute Gasteiger partial charge is 0.396 e. The number of aliphatic hydroxyl groups is 1. The van der Waals surface area contributed by atoms with E-state index in [-0.39, 0.29) is 29.8 Å². The average molecular weight is 338 g/mol. The summed E-state index contributed by atoms with van der Waals surface area (Å²) in [6, 6.07) is 6.83. The van der Waals surface area contributed by atoms with Gasteiger partial charge in [0.05, 0.1) is 6.61 Å². The van der Waals surface area contributed by atoms with Crippen molar-refractivity contribution in [1.82, 2.24) is 5.32 Å². The molecule has 1 fully saturated rings. The molecule has 0 radical (unpaired) electrons. The molecular formula is C18H24ClNO3. The normalized spacial score (nSPS) is 23.7. The van der Waals surface area contributed by atoms with Crippen LogP contribution in [-0.2, 0) is 4.79 Å². The molecule has 1 aliphatic carbocycles. The zero-order chi connectivity index (χ0) is 16.9. The second-order valence-corrected chi connectivity index (χ2v) is 7.04. The minimum Gasteiger partial charge on any atom is -0.396 e. The number of aliphatic hydroxyl groups excluding tert-OH is 1. The highest BCUT2D eigenvalue weighted by molar-refractivity contribution is 6.30. The molecule has 0 spiro atoms. The van der Waals surface area contributed by atoms with Gasteiger partial charge >= 0.3 is 0 Å². The maximum absolute atomic E-state index is 12.0. The first-order chi connectivity index (χ1) is 10.9. The van der Waals surface area contributed by atoms with E-state index in [1.807, 2.05) is 6.92 Å². The number of hydrogen-bond donors (Lipinski definition) is 2. The number of carbonyl (C=O) groups is 2. The standard InChI is InChI=1S/C18H24ClNO3/c1-18(12-21)11-3-5-16(18)20-17(23)6-2-4-15(22)13-7-9-14(19)10-8-13/h7-10,16,21H,2-6,11-12H2,1H3,(H,20,23). The highest BCUT2D eigenvalue weighted by Crippen LogP contribution is 2.37. The number of benzene rings is 1. The van der Waals surface area contributed by atoms with E-state index in [9.17, 15) is 14.7 Å². The van der Waals surface area contributed by atoms with Crippen molar-refractivity contribution in [3.8, 4) is 0 Å². The number of nitrogens with one attached hydrogen (secondary N) is 1. The van der Waals surface area contributed by atoms with Gasteiger partial charge in [-0.1, -0.05) is 24.9 Å². The highest BCUT2D eigenvalue weighted by Gasteiger charge is 2.38. The fourth-order valence-corrected chi connectivity index (χ4v) is 3.25. The Morgan fingerprint density at radius 1 is 1.30 bits per heavy atom. The fourth-order valence-electron chi connectivity index (χ4n) is 3.12. The van der Waals surface area contributed by atoms with Crippen molar-refractivity contribution in [3.63, 3.8) is 0 Å². The summed E-state index contributed by atoms with van der Waals surface area (Å²) in [7, 11) is 0. The maximum atomic E-state index is 12.0. The second kappa shape index (κ2) is 7.93. The maximum Gasteiger partial charge on any atom is 0.220 e. The minimum absolute atomic E-state index is 0.0236. The van der Waals surface area contributed by atoms with Crippen molar-refractivity contribution in [2.24, 2.45) is 5.41 Å². The number of halogens is 1. The lowest BCUT2D eigenvalue weighted by Crippen LogP contribution is -2.44. The van der Waals surface area contributed by atoms with Crippen LogP contribution in [0.1, 0.15) is 55.8 Å². The van der Waals surface area contributed by atoms with E-state index in [2.05, 4.69) is 5.32 Å². The first-order valence-corrected chi connectivity index (χ1v) is 8.51. The monoisotopic (exact) mass is 337 g/mol. The molecule has 0 saturated heterocycles. The molecule has 1 aromatic carbocycles. The Labute approximate surface area is 142 Å². The van der Waals surface area contributed by atoms with Crippen LogP contribution in [0, 0.1) is 5.41 Å². The van der Waals surface area contributed by atoms with Gasteiger partial charge in [0.25, 0.3) is 0 Å². The third-order valence-electron chi connectivity index (χ3n) is 4.75. The van der Waals surface area contributed by atoms with Crippen molar-refractivity contribution < 1.29 is 14.7 Å². The molecule has 2 rings (SSSR count). The molecule has 0 heterocycles. The summed E-state index contributed by atoms with van der Waals surface area (Å²) in [5, 5.41) is 13.1. The molecule has 0 aromatic heterocycles. The Kier molecular flexibility index (Phi) is 6.19. The van der Waals surface area contributed by atoms with Gasteiger partial charge in [0, 0.05) is 34.9 Å². The Morgan fingerprint density at radius 2 is 2.00 bits per heavy atom. The van der Waals surface area contributed by atoms with E-state index in [0.29, 0.717) is 29.8 Å². The molecule has 0 aliphatic heterocycles. The number of ketones is 1. The lowest BCUT2D eigenvalue weighted by molar-refractivity contribution is -0.122. The molecule has 126 valence electrons. The van der Waals surface area contributed by atoms with Crippen molar-refractivity contribution in [3.05, 3.63) is 34.9 Å². The van der Waals surface area contributed by atoms with Crippen molar-refractivity contribution in [2.45, 2.75) is 51.5 Å². The fraction of sp³-hybridized carbons (Fsp3) is 0.556. The minimum atomic E-state index is -0.214. The molecule has 5 heteroatoms. The van der Waals surface area contributed by atoms with Crippen molar-refractivity contribution >= 4 is 23.3 Å². The molecule has 2 atom stereocenters. The lowest BCUT2D eigenvalue weighted by atomic mass is 9.85. The Balaban J connectivity index is 1.74. The van der Waals surface area contributed by atoms with Crippen LogP contribution in [0.15, 0.2) is 24.3 Å². The van der Waals surface area contributed by atoms with Gasteiger partial charge in [0.15, 0.2) is 5.78 Å². The summed E-state index contributed by atoms with van der Waals surface area (Å²) in [5.74, 6) is -0.0176. The highest BCUT2D eigenvalue weighted by atomic mass is 35.5. The van der Waals surface area contributed by atoms with Crippen molar-refractivity contribution in [2.75, 3.05) is 6.61 Å². The third kappa shape index (κ3) is 4.79. The van der Waals surface area contributed by atoms with E-state index in [4.69, 9.17) is 11.6 Å². The van der Waals surface area contributed by atoms with Gasteiger partial charge in [-0.25, -0.2) is 0 Å². The van der Waals surface area contributed by atoms with Gasteiger partial charge in [-0.2, -0.15) is 0 Å². The van der Waals surface area contributed by atoms with Crippen LogP contribution in [0.3, 0.4) is 0 Å². The molecule has 2 N–H and O–H groups in total. The molecule has 1 aliphatic rings. The summed E-state index contributed by atoms with van der Waals surface area (Å²) < 4.78 is 0. The average Bonchev–Trinajstić information content (AvgIpc) is 2.89. The third-order valence-corrected chi connectivity index (χ3v) is 5.00. The van der Waals surface area contributed by atoms with E-state index in [1.54, 1.807) is 24.3 Å². The smallest absolute Gasteiger partial charge is 0.220 e. The van der Waals surface area contributed by atoms with Gasteiger partial charge < -0.3 is 10.4 Å². The topological polar surface area (TPSA) is 66.4 Å². The molecule has 2 unspecified atom stereocenters. The van der Waals surface area contributed by atoms with E-state index in [0.717, 1.165) is 19.3 Å². The first kappa shape index (κ1) is 18.0. The van der Waals surface area contributed by atoms with E-state index >= 15 is 0 Å². The van der Waals surface area contributed by atoms with Crippen LogP contribution in [0.25, 0.3) is 0 Å². The summed E-state index contributed by atoms with van der Waals surface area (Å²) >= 11 is 5.80. The first-order valence-electron chi connectivity index (χ1n) is 8.13. The summed E-state index contributed by atoms with van der Waals surface area (Å²) in [5.41, 5.74) is 0.410. The number of carbonyl (C=O) groups excluding carboxylic acids is 2. The lowest BCUT2D eigenvalue weighted by Gasteiger charge is -2.30. The van der Waals surface area contributed by atoms with Crippen LogP contribution < -0.4 is 5.32 Å². The Morgan fingerprint density at radius 3 is 2.65 bits per heavy atom. The Bertz CT molecular complexity index is 558. The van der Waals surface area contributed by atoms with Gasteiger partial charge in [0.1, 0.15) is 0 Å². The van der Waals surface area contributed by atoms with Gasteiger partial charge in [-0.3, -0.25) is 9.59 Å². The predicted octanol–water partition coefficient (Wildman–Crippen LogP) is 3.36. The quantitative estimate of drug-likeness (QED) is 0.750. The SMILES string of the molecule is CC1(CO)CCCC1NC(=O)CCCC(=O)c1ccc(Cl)cc1. The van der Waals surface area contributed by atoms with Crippen LogP contribution in [0.5, 0.6) is 0 Å². The molecule has 0 bridgehead atoms. The second-order valence-electron chi connectivity index (χ2n) is 6.61. The summed E-state index contributed by atoms with van der Waals surface area (Å²) in [6.07, 6.45) is 4.07. The van der Waals surface area contributed by atoms with Crippen LogP contribution >= 0.6 is 11.6 Å². The predicted molar refractivity (Wildman–Crippen MR) is 90.6 cm³/mol. The number of rotatable bonds is 7. The molecule has 1 saturated carbocycles.